The summed E-state index contributed by atoms with van der Waals surface area (Å²) < 4.78 is 33.1. The van der Waals surface area contributed by atoms with Crippen LogP contribution in [0.15, 0.2) is 53.3 Å². The fraction of sp³-hybridized carbons (Fsp3) is 0.222. The number of hydrogen-bond donors (Lipinski definition) is 0. The third-order valence-corrected chi connectivity index (χ3v) is 3.75. The molecular weight excluding hydrogens is 312 g/mol. The lowest BCUT2D eigenvalue weighted by atomic mass is 9.98. The molecule has 0 saturated heterocycles. The van der Waals surface area contributed by atoms with Gasteiger partial charge in [-0.15, -0.1) is 0 Å². The van der Waals surface area contributed by atoms with Gasteiger partial charge in [0.2, 0.25) is 5.89 Å². The van der Waals surface area contributed by atoms with Gasteiger partial charge in [0, 0.05) is 24.0 Å². The molecule has 0 bridgehead atoms. The molecular formula is C18H17F2N3O. The predicted octanol–water partition coefficient (Wildman–Crippen LogP) is 3.88. The third-order valence-electron chi connectivity index (χ3n) is 3.75. The lowest BCUT2D eigenvalue weighted by molar-refractivity contribution is 0.236. The SMILES string of the molecule is Cc1cnc(CN(C)[C@@H](c2cccnc2)c2ccc(F)cc2F)o1. The van der Waals surface area contributed by atoms with Crippen molar-refractivity contribution in [2.24, 2.45) is 0 Å². The van der Waals surface area contributed by atoms with Gasteiger partial charge in [0.05, 0.1) is 18.8 Å². The zero-order valence-electron chi connectivity index (χ0n) is 13.4. The molecule has 1 aromatic carbocycles. The van der Waals surface area contributed by atoms with E-state index < -0.39 is 17.7 Å². The fourth-order valence-electron chi connectivity index (χ4n) is 2.71. The second kappa shape index (κ2) is 6.88. The number of oxazole rings is 1. The smallest absolute Gasteiger partial charge is 0.208 e. The maximum atomic E-state index is 14.4. The quantitative estimate of drug-likeness (QED) is 0.712. The van der Waals surface area contributed by atoms with Crippen LogP contribution in [0.25, 0.3) is 0 Å². The van der Waals surface area contributed by atoms with E-state index >= 15 is 0 Å². The molecule has 1 atom stereocenters. The van der Waals surface area contributed by atoms with Crippen LogP contribution in [0.5, 0.6) is 0 Å². The summed E-state index contributed by atoms with van der Waals surface area (Å²) in [7, 11) is 1.83. The summed E-state index contributed by atoms with van der Waals surface area (Å²) in [6, 6.07) is 6.81. The maximum Gasteiger partial charge on any atom is 0.208 e. The van der Waals surface area contributed by atoms with Gasteiger partial charge in [-0.05, 0) is 31.7 Å². The Morgan fingerprint density at radius 1 is 1.21 bits per heavy atom. The molecule has 124 valence electrons. The molecule has 0 spiro atoms. The summed E-state index contributed by atoms with van der Waals surface area (Å²) in [5.41, 5.74) is 1.17. The van der Waals surface area contributed by atoms with Crippen molar-refractivity contribution < 1.29 is 13.2 Å². The molecule has 24 heavy (non-hydrogen) atoms. The summed E-state index contributed by atoms with van der Waals surface area (Å²) in [4.78, 5) is 10.2. The molecule has 0 fully saturated rings. The summed E-state index contributed by atoms with van der Waals surface area (Å²) in [6.45, 7) is 2.19. The van der Waals surface area contributed by atoms with Gasteiger partial charge in [0.25, 0.3) is 0 Å². The van der Waals surface area contributed by atoms with E-state index in [1.54, 1.807) is 24.7 Å². The first kappa shape index (κ1) is 16.3. The minimum absolute atomic E-state index is 0.371. The lowest BCUT2D eigenvalue weighted by Crippen LogP contribution is -2.26. The Labute approximate surface area is 138 Å². The van der Waals surface area contributed by atoms with Gasteiger partial charge < -0.3 is 4.42 Å². The zero-order valence-corrected chi connectivity index (χ0v) is 13.4. The first-order valence-electron chi connectivity index (χ1n) is 7.51. The number of nitrogens with zero attached hydrogens (tertiary/aromatic N) is 3. The summed E-state index contributed by atoms with van der Waals surface area (Å²) in [6.07, 6.45) is 4.96. The molecule has 0 aliphatic carbocycles. The van der Waals surface area contributed by atoms with E-state index in [4.69, 9.17) is 4.42 Å². The highest BCUT2D eigenvalue weighted by atomic mass is 19.1. The van der Waals surface area contributed by atoms with E-state index in [1.807, 2.05) is 24.9 Å². The normalized spacial score (nSPS) is 12.5. The number of aromatic nitrogens is 2. The first-order chi connectivity index (χ1) is 11.5. The number of aryl methyl sites for hydroxylation is 1. The third kappa shape index (κ3) is 3.49. The minimum atomic E-state index is -0.604. The van der Waals surface area contributed by atoms with Crippen LogP contribution < -0.4 is 0 Å². The fourth-order valence-corrected chi connectivity index (χ4v) is 2.71. The molecule has 0 amide bonds. The van der Waals surface area contributed by atoms with Gasteiger partial charge in [-0.1, -0.05) is 12.1 Å². The van der Waals surface area contributed by atoms with E-state index in [0.717, 1.165) is 11.6 Å². The van der Waals surface area contributed by atoms with Gasteiger partial charge in [-0.2, -0.15) is 0 Å². The van der Waals surface area contributed by atoms with Crippen LogP contribution in [0.3, 0.4) is 0 Å². The van der Waals surface area contributed by atoms with Crippen molar-refractivity contribution in [3.8, 4) is 0 Å². The summed E-state index contributed by atoms with van der Waals surface area (Å²) in [5, 5.41) is 0. The number of benzene rings is 1. The van der Waals surface area contributed by atoms with E-state index in [9.17, 15) is 8.78 Å². The topological polar surface area (TPSA) is 42.2 Å². The molecule has 2 heterocycles. The highest BCUT2D eigenvalue weighted by Crippen LogP contribution is 2.30. The summed E-state index contributed by atoms with van der Waals surface area (Å²) >= 11 is 0. The number of rotatable bonds is 5. The van der Waals surface area contributed by atoms with Crippen LogP contribution in [0.4, 0.5) is 8.78 Å². The molecule has 4 nitrogen and oxygen atoms in total. The van der Waals surface area contributed by atoms with Crippen LogP contribution in [0.1, 0.15) is 28.8 Å². The van der Waals surface area contributed by atoms with Crippen molar-refractivity contribution in [2.45, 2.75) is 19.5 Å². The highest BCUT2D eigenvalue weighted by molar-refractivity contribution is 5.31. The minimum Gasteiger partial charge on any atom is -0.445 e. The van der Waals surface area contributed by atoms with Crippen molar-refractivity contribution in [2.75, 3.05) is 7.05 Å². The molecule has 0 radical (unpaired) electrons. The van der Waals surface area contributed by atoms with Crippen molar-refractivity contribution in [1.29, 1.82) is 0 Å². The van der Waals surface area contributed by atoms with E-state index in [1.165, 1.54) is 12.1 Å². The monoisotopic (exact) mass is 329 g/mol. The van der Waals surface area contributed by atoms with Crippen LogP contribution in [-0.4, -0.2) is 21.9 Å². The highest BCUT2D eigenvalue weighted by Gasteiger charge is 2.24. The van der Waals surface area contributed by atoms with Crippen LogP contribution in [-0.2, 0) is 6.54 Å². The summed E-state index contributed by atoms with van der Waals surface area (Å²) in [5.74, 6) is 0.0437. The number of pyridine rings is 1. The average Bonchev–Trinajstić information content (AvgIpc) is 2.96. The molecule has 3 rings (SSSR count). The molecule has 2 aromatic heterocycles. The van der Waals surface area contributed by atoms with E-state index in [2.05, 4.69) is 9.97 Å². The number of hydrogen-bond acceptors (Lipinski definition) is 4. The Hall–Kier alpha value is -2.60. The van der Waals surface area contributed by atoms with E-state index in [0.29, 0.717) is 23.8 Å². The largest absolute Gasteiger partial charge is 0.445 e. The Bertz CT molecular complexity index is 820. The van der Waals surface area contributed by atoms with E-state index in [-0.39, 0.29) is 0 Å². The molecule has 3 aromatic rings. The Kier molecular flexibility index (Phi) is 4.66. The van der Waals surface area contributed by atoms with Crippen LogP contribution in [0, 0.1) is 18.6 Å². The Balaban J connectivity index is 1.98. The molecule has 0 N–H and O–H groups in total. The molecule has 6 heteroatoms. The first-order valence-corrected chi connectivity index (χ1v) is 7.51. The van der Waals surface area contributed by atoms with Gasteiger partial charge in [0.1, 0.15) is 17.4 Å². The average molecular weight is 329 g/mol. The second-order valence-corrected chi connectivity index (χ2v) is 5.63. The number of halogens is 2. The van der Waals surface area contributed by atoms with Gasteiger partial charge in [0.15, 0.2) is 0 Å². The molecule has 0 saturated carbocycles. The van der Waals surface area contributed by atoms with Gasteiger partial charge in [-0.3, -0.25) is 9.88 Å². The van der Waals surface area contributed by atoms with Crippen molar-refractivity contribution in [3.05, 3.63) is 83.3 Å². The van der Waals surface area contributed by atoms with Crippen molar-refractivity contribution in [1.82, 2.24) is 14.9 Å². The molecule has 0 unspecified atom stereocenters. The predicted molar refractivity (Wildman–Crippen MR) is 85.1 cm³/mol. The van der Waals surface area contributed by atoms with Gasteiger partial charge in [-0.25, -0.2) is 13.8 Å². The zero-order chi connectivity index (χ0) is 17.1. The van der Waals surface area contributed by atoms with Gasteiger partial charge >= 0.3 is 0 Å². The standard InChI is InChI=1S/C18H17F2N3O/c1-12-9-22-17(24-12)11-23(2)18(13-4-3-7-21-10-13)15-6-5-14(19)8-16(15)20/h3-10,18H,11H2,1-2H3/t18-/m0/s1. The second-order valence-electron chi connectivity index (χ2n) is 5.63. The Morgan fingerprint density at radius 2 is 2.04 bits per heavy atom. The molecule has 0 aliphatic heterocycles. The Morgan fingerprint density at radius 3 is 2.67 bits per heavy atom. The van der Waals surface area contributed by atoms with Crippen molar-refractivity contribution in [3.63, 3.8) is 0 Å². The van der Waals surface area contributed by atoms with Crippen LogP contribution in [0.2, 0.25) is 0 Å². The van der Waals surface area contributed by atoms with Crippen molar-refractivity contribution >= 4 is 0 Å². The molecule has 0 aliphatic rings. The van der Waals surface area contributed by atoms with Crippen LogP contribution >= 0.6 is 0 Å². The maximum absolute atomic E-state index is 14.4. The lowest BCUT2D eigenvalue weighted by Gasteiger charge is -2.28.